The number of nitrogens with zero attached hydrogens (tertiary/aromatic N) is 4. The molecule has 7 nitrogen and oxygen atoms in total. The number of rotatable bonds is 5. The summed E-state index contributed by atoms with van der Waals surface area (Å²) in [5.41, 5.74) is 0.997. The molecule has 0 fully saturated rings. The van der Waals surface area contributed by atoms with Crippen molar-refractivity contribution >= 4 is 44.9 Å². The van der Waals surface area contributed by atoms with Gasteiger partial charge in [0.2, 0.25) is 5.95 Å². The fourth-order valence-corrected chi connectivity index (χ4v) is 4.44. The van der Waals surface area contributed by atoms with Gasteiger partial charge in [-0.1, -0.05) is 35.3 Å². The molecule has 0 radical (unpaired) electrons. The molecule has 0 atom stereocenters. The van der Waals surface area contributed by atoms with Crippen molar-refractivity contribution in [3.63, 3.8) is 0 Å². The Labute approximate surface area is 161 Å². The van der Waals surface area contributed by atoms with Gasteiger partial charge in [0.05, 0.1) is 21.4 Å². The molecule has 3 rings (SSSR count). The van der Waals surface area contributed by atoms with E-state index < -0.39 is 10.0 Å². The van der Waals surface area contributed by atoms with Crippen molar-refractivity contribution in [3.8, 4) is 5.69 Å². The van der Waals surface area contributed by atoms with Crippen molar-refractivity contribution in [1.29, 1.82) is 0 Å². The van der Waals surface area contributed by atoms with Crippen molar-refractivity contribution in [2.24, 2.45) is 0 Å². The van der Waals surface area contributed by atoms with Crippen LogP contribution in [0.2, 0.25) is 10.0 Å². The Balaban J connectivity index is 1.93. The average molecular weight is 412 g/mol. The van der Waals surface area contributed by atoms with Gasteiger partial charge in [0.25, 0.3) is 10.0 Å². The highest BCUT2D eigenvalue weighted by Gasteiger charge is 2.21. The Kier molecular flexibility index (Phi) is 5.08. The fraction of sp³-hybridized carbons (Fsp3) is 0.125. The van der Waals surface area contributed by atoms with Gasteiger partial charge in [-0.3, -0.25) is 4.72 Å². The van der Waals surface area contributed by atoms with E-state index in [0.717, 1.165) is 0 Å². The molecule has 0 bridgehead atoms. The molecule has 0 aliphatic carbocycles. The van der Waals surface area contributed by atoms with Gasteiger partial charge >= 0.3 is 0 Å². The molecule has 0 aliphatic heterocycles. The van der Waals surface area contributed by atoms with Gasteiger partial charge in [-0.2, -0.15) is 4.98 Å². The van der Waals surface area contributed by atoms with Gasteiger partial charge in [0.15, 0.2) is 0 Å². The lowest BCUT2D eigenvalue weighted by Crippen LogP contribution is -2.14. The van der Waals surface area contributed by atoms with Crippen LogP contribution in [0, 0.1) is 0 Å². The lowest BCUT2D eigenvalue weighted by Gasteiger charge is -2.12. The molecule has 1 heterocycles. The monoisotopic (exact) mass is 411 g/mol. The molecule has 10 heteroatoms. The first-order chi connectivity index (χ1) is 12.3. The van der Waals surface area contributed by atoms with E-state index in [-0.39, 0.29) is 14.9 Å². The van der Waals surface area contributed by atoms with E-state index >= 15 is 0 Å². The number of anilines is 2. The first-order valence-electron chi connectivity index (χ1n) is 7.44. The summed E-state index contributed by atoms with van der Waals surface area (Å²) in [5, 5.41) is 4.41. The summed E-state index contributed by atoms with van der Waals surface area (Å²) in [6.45, 7) is 0. The minimum Gasteiger partial charge on any atom is -0.346 e. The van der Waals surface area contributed by atoms with Crippen LogP contribution in [0.3, 0.4) is 0 Å². The van der Waals surface area contributed by atoms with Gasteiger partial charge < -0.3 is 4.90 Å². The zero-order chi connectivity index (χ0) is 18.9. The van der Waals surface area contributed by atoms with Crippen LogP contribution in [0.15, 0.2) is 53.7 Å². The zero-order valence-electron chi connectivity index (χ0n) is 13.9. The van der Waals surface area contributed by atoms with Crippen molar-refractivity contribution in [1.82, 2.24) is 14.8 Å². The van der Waals surface area contributed by atoms with Gasteiger partial charge in [-0.15, -0.1) is 5.10 Å². The SMILES string of the molecule is CN(C)c1ncn(-c2cccc(NS(=O)(=O)c3c(Cl)cccc3Cl)c2)n1. The molecule has 3 aromatic rings. The largest absolute Gasteiger partial charge is 0.346 e. The third-order valence-corrected chi connectivity index (χ3v) is 5.77. The van der Waals surface area contributed by atoms with E-state index in [1.54, 1.807) is 46.2 Å². The molecule has 0 saturated carbocycles. The standard InChI is InChI=1S/C16H15Cl2N5O2S/c1-22(2)16-19-10-23(20-16)12-6-3-5-11(9-12)21-26(24,25)15-13(17)7-4-8-14(15)18/h3-10,21H,1-2H3. The van der Waals surface area contributed by atoms with Gasteiger partial charge in [0.1, 0.15) is 11.2 Å². The van der Waals surface area contributed by atoms with Gasteiger partial charge in [-0.25, -0.2) is 13.1 Å². The zero-order valence-corrected chi connectivity index (χ0v) is 16.2. The number of hydrogen-bond acceptors (Lipinski definition) is 5. The summed E-state index contributed by atoms with van der Waals surface area (Å²) in [7, 11) is -0.287. The second-order valence-electron chi connectivity index (χ2n) is 5.59. The molecule has 0 aliphatic rings. The lowest BCUT2D eigenvalue weighted by molar-refractivity contribution is 0.601. The van der Waals surface area contributed by atoms with E-state index in [4.69, 9.17) is 23.2 Å². The topological polar surface area (TPSA) is 80.1 Å². The smallest absolute Gasteiger partial charge is 0.264 e. The van der Waals surface area contributed by atoms with Crippen LogP contribution in [-0.4, -0.2) is 37.3 Å². The van der Waals surface area contributed by atoms with Crippen LogP contribution in [0.25, 0.3) is 5.69 Å². The van der Waals surface area contributed by atoms with E-state index in [1.165, 1.54) is 12.1 Å². The van der Waals surface area contributed by atoms with E-state index in [1.807, 2.05) is 14.1 Å². The second kappa shape index (κ2) is 7.14. The number of hydrogen-bond donors (Lipinski definition) is 1. The summed E-state index contributed by atoms with van der Waals surface area (Å²) in [6, 6.07) is 11.3. The van der Waals surface area contributed by atoms with Crippen LogP contribution in [-0.2, 0) is 10.0 Å². The number of nitrogens with one attached hydrogen (secondary N) is 1. The third kappa shape index (κ3) is 3.77. The molecule has 26 heavy (non-hydrogen) atoms. The summed E-state index contributed by atoms with van der Waals surface area (Å²) >= 11 is 12.0. The number of halogens is 2. The van der Waals surface area contributed by atoms with Crippen molar-refractivity contribution in [2.75, 3.05) is 23.7 Å². The average Bonchev–Trinajstić information content (AvgIpc) is 3.04. The van der Waals surface area contributed by atoms with Gasteiger partial charge in [-0.05, 0) is 30.3 Å². The summed E-state index contributed by atoms with van der Waals surface area (Å²) in [6.07, 6.45) is 1.55. The molecule has 136 valence electrons. The van der Waals surface area contributed by atoms with Crippen LogP contribution < -0.4 is 9.62 Å². The molecule has 1 aromatic heterocycles. The Morgan fingerprint density at radius 1 is 1.08 bits per heavy atom. The first kappa shape index (κ1) is 18.5. The molecule has 2 aromatic carbocycles. The van der Waals surface area contributed by atoms with E-state index in [9.17, 15) is 8.42 Å². The second-order valence-corrected chi connectivity index (χ2v) is 8.02. The number of aromatic nitrogens is 3. The minimum atomic E-state index is -3.95. The predicted octanol–water partition coefficient (Wildman–Crippen LogP) is 3.44. The fourth-order valence-electron chi connectivity index (χ4n) is 2.24. The first-order valence-corrected chi connectivity index (χ1v) is 9.68. The molecule has 0 spiro atoms. The Morgan fingerprint density at radius 3 is 2.35 bits per heavy atom. The van der Waals surface area contributed by atoms with Crippen LogP contribution in [0.1, 0.15) is 0 Å². The molecule has 0 amide bonds. The molecule has 0 unspecified atom stereocenters. The van der Waals surface area contributed by atoms with Crippen molar-refractivity contribution < 1.29 is 8.42 Å². The molecular formula is C16H15Cl2N5O2S. The van der Waals surface area contributed by atoms with Gasteiger partial charge in [0, 0.05) is 14.1 Å². The maximum absolute atomic E-state index is 12.7. The maximum Gasteiger partial charge on any atom is 0.264 e. The summed E-state index contributed by atoms with van der Waals surface area (Å²) in [4.78, 5) is 5.78. The minimum absolute atomic E-state index is 0.0491. The molecule has 1 N–H and O–H groups in total. The Morgan fingerprint density at radius 2 is 1.73 bits per heavy atom. The number of sulfonamides is 1. The summed E-state index contributed by atoms with van der Waals surface area (Å²) < 4.78 is 29.4. The summed E-state index contributed by atoms with van der Waals surface area (Å²) in [5.74, 6) is 0.541. The highest BCUT2D eigenvalue weighted by Crippen LogP contribution is 2.30. The molecular weight excluding hydrogens is 397 g/mol. The van der Waals surface area contributed by atoms with Crippen molar-refractivity contribution in [3.05, 3.63) is 58.8 Å². The van der Waals surface area contributed by atoms with Crippen LogP contribution in [0.5, 0.6) is 0 Å². The lowest BCUT2D eigenvalue weighted by atomic mass is 10.3. The van der Waals surface area contributed by atoms with Crippen molar-refractivity contribution in [2.45, 2.75) is 4.90 Å². The highest BCUT2D eigenvalue weighted by atomic mass is 35.5. The third-order valence-electron chi connectivity index (χ3n) is 3.43. The number of benzene rings is 2. The Hall–Kier alpha value is -2.29. The Bertz CT molecular complexity index is 1030. The van der Waals surface area contributed by atoms with E-state index in [0.29, 0.717) is 17.3 Å². The van der Waals surface area contributed by atoms with Crippen LogP contribution >= 0.6 is 23.2 Å². The molecule has 0 saturated heterocycles. The highest BCUT2D eigenvalue weighted by molar-refractivity contribution is 7.93. The normalized spacial score (nSPS) is 11.4. The maximum atomic E-state index is 12.7. The predicted molar refractivity (Wildman–Crippen MR) is 103 cm³/mol. The van der Waals surface area contributed by atoms with Crippen LogP contribution in [0.4, 0.5) is 11.6 Å². The van der Waals surface area contributed by atoms with E-state index in [2.05, 4.69) is 14.8 Å². The quantitative estimate of drug-likeness (QED) is 0.695.